The van der Waals surface area contributed by atoms with E-state index in [0.29, 0.717) is 24.2 Å². The van der Waals surface area contributed by atoms with E-state index in [1.54, 1.807) is 0 Å². The number of carbonyl (C=O) groups is 3. The number of aliphatic hydroxyl groups is 1. The number of methoxy groups -OCH3 is 1. The highest BCUT2D eigenvalue weighted by molar-refractivity contribution is 6.10. The molecule has 154 valence electrons. The number of benzene rings is 1. The summed E-state index contributed by atoms with van der Waals surface area (Å²) in [5, 5.41) is 25.0. The second-order valence-corrected chi connectivity index (χ2v) is 6.04. The molecule has 2 rings (SSSR count). The van der Waals surface area contributed by atoms with Crippen molar-refractivity contribution in [2.24, 2.45) is 10.7 Å². The molecule has 1 aliphatic heterocycles. The fourth-order valence-corrected chi connectivity index (χ4v) is 2.39. The minimum atomic E-state index is -0.688. The van der Waals surface area contributed by atoms with Gasteiger partial charge < -0.3 is 31.5 Å². The Balaban J connectivity index is 1.85. The second kappa shape index (κ2) is 9.88. The van der Waals surface area contributed by atoms with Crippen molar-refractivity contribution in [1.29, 1.82) is 5.41 Å². The first-order valence-electron chi connectivity index (χ1n) is 8.67. The SMILES string of the molecule is COC(=O)CCCNC(=O)c1ccc(NC(=O)NC2=C(O)CC(N)=NC2=N)cc1. The summed E-state index contributed by atoms with van der Waals surface area (Å²) in [5.74, 6) is -1.17. The fourth-order valence-electron chi connectivity index (χ4n) is 2.39. The van der Waals surface area contributed by atoms with E-state index in [-0.39, 0.29) is 47.8 Å². The number of nitrogens with one attached hydrogen (secondary N) is 4. The lowest BCUT2D eigenvalue weighted by Crippen LogP contribution is -2.35. The van der Waals surface area contributed by atoms with Crippen LogP contribution in [0.15, 0.2) is 40.7 Å². The molecule has 0 radical (unpaired) electrons. The molecular formula is C18H22N6O5. The van der Waals surface area contributed by atoms with Gasteiger partial charge in [-0.25, -0.2) is 9.79 Å². The van der Waals surface area contributed by atoms with E-state index < -0.39 is 6.03 Å². The standard InChI is InChI=1S/C18H22N6O5/c1-29-14(26)3-2-8-21-17(27)10-4-6-11(7-5-10)22-18(28)24-15-12(25)9-13(19)23-16(15)20/h4-7,25H,2-3,8-9H2,1H3,(H,21,27)(H3,19,20,23)(H2,22,24,28). The van der Waals surface area contributed by atoms with Crippen molar-refractivity contribution in [2.75, 3.05) is 19.0 Å². The molecule has 0 saturated carbocycles. The van der Waals surface area contributed by atoms with E-state index in [0.717, 1.165) is 0 Å². The maximum atomic E-state index is 12.1. The van der Waals surface area contributed by atoms with Crippen LogP contribution in [0.4, 0.5) is 10.5 Å². The average Bonchev–Trinajstić information content (AvgIpc) is 2.68. The summed E-state index contributed by atoms with van der Waals surface area (Å²) in [6.07, 6.45) is 0.628. The maximum Gasteiger partial charge on any atom is 0.323 e. The molecule has 0 unspecified atom stereocenters. The van der Waals surface area contributed by atoms with Gasteiger partial charge in [0.25, 0.3) is 5.91 Å². The van der Waals surface area contributed by atoms with Crippen LogP contribution in [-0.4, -0.2) is 48.3 Å². The zero-order valence-electron chi connectivity index (χ0n) is 15.7. The van der Waals surface area contributed by atoms with Crippen molar-refractivity contribution in [3.05, 3.63) is 41.3 Å². The van der Waals surface area contributed by atoms with Gasteiger partial charge in [0.1, 0.15) is 17.3 Å². The third kappa shape index (κ3) is 6.34. The number of anilines is 1. The minimum absolute atomic E-state index is 0.0541. The Morgan fingerprint density at radius 1 is 1.24 bits per heavy atom. The van der Waals surface area contributed by atoms with Crippen LogP contribution in [0.3, 0.4) is 0 Å². The first-order chi connectivity index (χ1) is 13.8. The highest BCUT2D eigenvalue weighted by Crippen LogP contribution is 2.13. The van der Waals surface area contributed by atoms with Crippen LogP contribution in [0.5, 0.6) is 0 Å². The van der Waals surface area contributed by atoms with Gasteiger partial charge in [0.15, 0.2) is 5.84 Å². The molecule has 11 nitrogen and oxygen atoms in total. The summed E-state index contributed by atoms with van der Waals surface area (Å²) in [6, 6.07) is 5.41. The molecule has 0 bridgehead atoms. The first-order valence-corrected chi connectivity index (χ1v) is 8.67. The first kappa shape index (κ1) is 21.4. The Kier molecular flexibility index (Phi) is 7.29. The van der Waals surface area contributed by atoms with Crippen molar-refractivity contribution < 1.29 is 24.2 Å². The zero-order chi connectivity index (χ0) is 21.4. The molecule has 1 aromatic rings. The topological polar surface area (TPSA) is 179 Å². The van der Waals surface area contributed by atoms with Crippen LogP contribution >= 0.6 is 0 Å². The summed E-state index contributed by atoms with van der Waals surface area (Å²) in [6.45, 7) is 0.327. The third-order valence-corrected chi connectivity index (χ3v) is 3.84. The number of dihydropyridines is 1. The molecule has 1 aliphatic rings. The third-order valence-electron chi connectivity index (χ3n) is 3.84. The van der Waals surface area contributed by atoms with E-state index in [4.69, 9.17) is 11.1 Å². The molecule has 0 spiro atoms. The Morgan fingerprint density at radius 3 is 2.55 bits per heavy atom. The van der Waals surface area contributed by atoms with Crippen molar-refractivity contribution in [1.82, 2.24) is 10.6 Å². The van der Waals surface area contributed by atoms with Crippen molar-refractivity contribution in [3.8, 4) is 0 Å². The number of amides is 3. The highest BCUT2D eigenvalue weighted by atomic mass is 16.5. The summed E-state index contributed by atoms with van der Waals surface area (Å²) < 4.78 is 4.52. The number of hydrogen-bond acceptors (Lipinski definition) is 7. The molecule has 1 heterocycles. The second-order valence-electron chi connectivity index (χ2n) is 6.04. The van der Waals surface area contributed by atoms with Crippen LogP contribution in [0, 0.1) is 5.41 Å². The highest BCUT2D eigenvalue weighted by Gasteiger charge is 2.20. The normalized spacial score (nSPS) is 13.4. The molecular weight excluding hydrogens is 380 g/mol. The number of aliphatic hydroxyl groups excluding tert-OH is 1. The number of rotatable bonds is 7. The lowest BCUT2D eigenvalue weighted by atomic mass is 10.2. The van der Waals surface area contributed by atoms with Crippen molar-refractivity contribution in [2.45, 2.75) is 19.3 Å². The van der Waals surface area contributed by atoms with Crippen LogP contribution in [0.1, 0.15) is 29.6 Å². The largest absolute Gasteiger partial charge is 0.510 e. The number of nitrogens with two attached hydrogens (primary N) is 1. The van der Waals surface area contributed by atoms with E-state index in [1.807, 2.05) is 0 Å². The lowest BCUT2D eigenvalue weighted by molar-refractivity contribution is -0.140. The fraction of sp³-hybridized carbons (Fsp3) is 0.278. The maximum absolute atomic E-state index is 12.1. The number of esters is 1. The average molecular weight is 402 g/mol. The number of nitrogens with zero attached hydrogens (tertiary/aromatic N) is 1. The smallest absolute Gasteiger partial charge is 0.323 e. The minimum Gasteiger partial charge on any atom is -0.510 e. The number of carbonyl (C=O) groups excluding carboxylic acids is 3. The van der Waals surface area contributed by atoms with Gasteiger partial charge >= 0.3 is 12.0 Å². The number of urea groups is 1. The molecule has 11 heteroatoms. The van der Waals surface area contributed by atoms with E-state index in [9.17, 15) is 19.5 Å². The molecule has 0 aromatic heterocycles. The summed E-state index contributed by atoms with van der Waals surface area (Å²) >= 11 is 0. The Morgan fingerprint density at radius 2 is 1.93 bits per heavy atom. The number of ether oxygens (including phenoxy) is 1. The Labute approximate surface area is 166 Å². The molecule has 1 aromatic carbocycles. The summed E-state index contributed by atoms with van der Waals surface area (Å²) in [7, 11) is 1.31. The quantitative estimate of drug-likeness (QED) is 0.292. The number of hydrogen-bond donors (Lipinski definition) is 6. The molecule has 0 atom stereocenters. The molecule has 3 amide bonds. The molecule has 0 fully saturated rings. The lowest BCUT2D eigenvalue weighted by Gasteiger charge is -2.16. The molecule has 0 aliphatic carbocycles. The van der Waals surface area contributed by atoms with E-state index in [2.05, 4.69) is 25.7 Å². The molecule has 7 N–H and O–H groups in total. The number of aliphatic imine (C=N–C) groups is 1. The van der Waals surface area contributed by atoms with Gasteiger partial charge in [-0.1, -0.05) is 0 Å². The van der Waals surface area contributed by atoms with Crippen LogP contribution in [0.2, 0.25) is 0 Å². The van der Waals surface area contributed by atoms with Gasteiger partial charge in [0, 0.05) is 24.2 Å². The number of amidine groups is 2. The van der Waals surface area contributed by atoms with Crippen molar-refractivity contribution >= 4 is 35.3 Å². The van der Waals surface area contributed by atoms with E-state index >= 15 is 0 Å². The Bertz CT molecular complexity index is 875. The van der Waals surface area contributed by atoms with E-state index in [1.165, 1.54) is 31.4 Å². The molecule has 29 heavy (non-hydrogen) atoms. The van der Waals surface area contributed by atoms with Gasteiger partial charge in [-0.2, -0.15) is 0 Å². The van der Waals surface area contributed by atoms with Gasteiger partial charge in [-0.3, -0.25) is 15.0 Å². The van der Waals surface area contributed by atoms with Crippen LogP contribution in [0.25, 0.3) is 0 Å². The summed E-state index contributed by atoms with van der Waals surface area (Å²) in [4.78, 5) is 38.8. The van der Waals surface area contributed by atoms with Gasteiger partial charge in [-0.05, 0) is 30.7 Å². The summed E-state index contributed by atoms with van der Waals surface area (Å²) in [5.41, 5.74) is 6.12. The van der Waals surface area contributed by atoms with Crippen LogP contribution in [-0.2, 0) is 9.53 Å². The van der Waals surface area contributed by atoms with Gasteiger partial charge in [-0.15, -0.1) is 0 Å². The predicted molar refractivity (Wildman–Crippen MR) is 106 cm³/mol. The predicted octanol–water partition coefficient (Wildman–Crippen LogP) is 0.999. The van der Waals surface area contributed by atoms with Crippen molar-refractivity contribution in [3.63, 3.8) is 0 Å². The zero-order valence-corrected chi connectivity index (χ0v) is 15.7. The molecule has 0 saturated heterocycles. The monoisotopic (exact) mass is 402 g/mol. The Hall–Kier alpha value is -3.89. The van der Waals surface area contributed by atoms with Crippen LogP contribution < -0.4 is 21.7 Å². The van der Waals surface area contributed by atoms with Gasteiger partial charge in [0.2, 0.25) is 0 Å². The van der Waals surface area contributed by atoms with Gasteiger partial charge in [0.05, 0.1) is 13.5 Å².